The Bertz CT molecular complexity index is 417. The molecule has 0 aliphatic heterocycles. The molecule has 0 amide bonds. The van der Waals surface area contributed by atoms with E-state index in [0.29, 0.717) is 24.5 Å². The van der Waals surface area contributed by atoms with Gasteiger partial charge >= 0.3 is 0 Å². The highest BCUT2D eigenvalue weighted by atomic mass is 32.1. The monoisotopic (exact) mass is 296 g/mol. The average Bonchev–Trinajstić information content (AvgIpc) is 2.76. The van der Waals surface area contributed by atoms with Gasteiger partial charge in [0, 0.05) is 17.5 Å². The lowest BCUT2D eigenvalue weighted by Gasteiger charge is -2.26. The second-order valence-electron chi connectivity index (χ2n) is 6.40. The Morgan fingerprint density at radius 1 is 1.45 bits per heavy atom. The van der Waals surface area contributed by atoms with Crippen molar-refractivity contribution in [2.24, 2.45) is 11.8 Å². The van der Waals surface area contributed by atoms with Crippen LogP contribution in [0.2, 0.25) is 0 Å². The van der Waals surface area contributed by atoms with Gasteiger partial charge in [-0.05, 0) is 57.4 Å². The Morgan fingerprint density at radius 3 is 2.95 bits per heavy atom. The Balaban J connectivity index is 1.93. The maximum Gasteiger partial charge on any atom is 0.0900 e. The molecule has 1 aliphatic carbocycles. The minimum atomic E-state index is 0.300. The van der Waals surface area contributed by atoms with Crippen LogP contribution in [-0.4, -0.2) is 23.2 Å². The molecule has 20 heavy (non-hydrogen) atoms. The number of fused-ring (bicyclic) bond motifs is 1. The quantitative estimate of drug-likeness (QED) is 0.810. The first-order chi connectivity index (χ1) is 9.60. The third-order valence-electron chi connectivity index (χ3n) is 4.05. The molecule has 2 atom stereocenters. The predicted octanol–water partition coefficient (Wildman–Crippen LogP) is 3.46. The second kappa shape index (κ2) is 7.53. The fourth-order valence-electron chi connectivity index (χ4n) is 3.20. The number of aryl methyl sites for hydroxylation is 2. The van der Waals surface area contributed by atoms with E-state index in [0.717, 1.165) is 19.4 Å². The summed E-state index contributed by atoms with van der Waals surface area (Å²) in [4.78, 5) is 6.11. The number of nitrogens with zero attached hydrogens (tertiary/aromatic N) is 1. The van der Waals surface area contributed by atoms with Crippen LogP contribution in [-0.2, 0) is 6.42 Å². The lowest BCUT2D eigenvalue weighted by Crippen LogP contribution is -2.30. The molecule has 1 aromatic heterocycles. The van der Waals surface area contributed by atoms with Gasteiger partial charge < -0.3 is 10.4 Å². The van der Waals surface area contributed by atoms with E-state index in [9.17, 15) is 5.11 Å². The number of rotatable bonds is 7. The van der Waals surface area contributed by atoms with Crippen LogP contribution >= 0.6 is 11.3 Å². The highest BCUT2D eigenvalue weighted by molar-refractivity contribution is 7.11. The Labute approximate surface area is 126 Å². The fourth-order valence-corrected chi connectivity index (χ4v) is 4.28. The second-order valence-corrected chi connectivity index (χ2v) is 7.64. The van der Waals surface area contributed by atoms with Crippen molar-refractivity contribution in [2.75, 3.05) is 13.2 Å². The van der Waals surface area contributed by atoms with Gasteiger partial charge in [0.1, 0.15) is 0 Å². The van der Waals surface area contributed by atoms with Crippen LogP contribution in [0.5, 0.6) is 0 Å². The highest BCUT2D eigenvalue weighted by Crippen LogP contribution is 2.34. The van der Waals surface area contributed by atoms with Crippen LogP contribution in [0.1, 0.15) is 61.2 Å². The van der Waals surface area contributed by atoms with Gasteiger partial charge in [0.25, 0.3) is 0 Å². The molecule has 2 N–H and O–H groups in total. The van der Waals surface area contributed by atoms with E-state index in [-0.39, 0.29) is 0 Å². The van der Waals surface area contributed by atoms with Crippen molar-refractivity contribution in [3.63, 3.8) is 0 Å². The molecule has 2 rings (SSSR count). The van der Waals surface area contributed by atoms with Crippen molar-refractivity contribution in [3.05, 3.63) is 15.6 Å². The van der Waals surface area contributed by atoms with E-state index in [4.69, 9.17) is 0 Å². The molecule has 0 fully saturated rings. The molecular formula is C16H28N2OS. The fraction of sp³-hybridized carbons (Fsp3) is 0.812. The van der Waals surface area contributed by atoms with Crippen molar-refractivity contribution in [1.29, 1.82) is 0 Å². The van der Waals surface area contributed by atoms with Gasteiger partial charge in [-0.2, -0.15) is 0 Å². The number of hydrogen-bond donors (Lipinski definition) is 2. The number of aliphatic hydroxyl groups is 1. The number of thiazole rings is 1. The van der Waals surface area contributed by atoms with E-state index < -0.39 is 0 Å². The molecule has 1 heterocycles. The average molecular weight is 296 g/mol. The zero-order chi connectivity index (χ0) is 14.5. The molecule has 0 saturated carbocycles. The molecule has 3 nitrogen and oxygen atoms in total. The van der Waals surface area contributed by atoms with Crippen LogP contribution in [0, 0.1) is 18.8 Å². The number of aromatic nitrogens is 1. The summed E-state index contributed by atoms with van der Waals surface area (Å²) in [7, 11) is 0. The summed E-state index contributed by atoms with van der Waals surface area (Å²) < 4.78 is 0. The predicted molar refractivity (Wildman–Crippen MR) is 85.2 cm³/mol. The third-order valence-corrected chi connectivity index (χ3v) is 5.18. The van der Waals surface area contributed by atoms with Crippen LogP contribution in [0.4, 0.5) is 0 Å². The molecule has 1 aromatic rings. The molecule has 4 heteroatoms. The van der Waals surface area contributed by atoms with Crippen LogP contribution in [0.15, 0.2) is 0 Å². The van der Waals surface area contributed by atoms with Crippen LogP contribution in [0.25, 0.3) is 0 Å². The molecule has 0 radical (unpaired) electrons. The van der Waals surface area contributed by atoms with Crippen LogP contribution in [0.3, 0.4) is 0 Å². The van der Waals surface area contributed by atoms with Gasteiger partial charge in [-0.3, -0.25) is 0 Å². The van der Waals surface area contributed by atoms with Crippen molar-refractivity contribution in [1.82, 2.24) is 10.3 Å². The SMILES string of the molecule is Cc1nc2c(s1)C(NCC(CCO)CC(C)C)CCC2. The maximum atomic E-state index is 9.21. The first-order valence-corrected chi connectivity index (χ1v) is 8.72. The molecule has 0 bridgehead atoms. The minimum Gasteiger partial charge on any atom is -0.396 e. The van der Waals surface area contributed by atoms with Crippen molar-refractivity contribution >= 4 is 11.3 Å². The van der Waals surface area contributed by atoms with Crippen LogP contribution < -0.4 is 5.32 Å². The number of aliphatic hydroxyl groups excluding tert-OH is 1. The van der Waals surface area contributed by atoms with Gasteiger partial charge in [0.05, 0.1) is 10.7 Å². The number of nitrogens with one attached hydrogen (secondary N) is 1. The Hall–Kier alpha value is -0.450. The third kappa shape index (κ3) is 4.27. The summed E-state index contributed by atoms with van der Waals surface area (Å²) in [6.07, 6.45) is 5.70. The van der Waals surface area contributed by atoms with Gasteiger partial charge in [-0.15, -0.1) is 11.3 Å². The van der Waals surface area contributed by atoms with Gasteiger partial charge in [0.15, 0.2) is 0 Å². The molecule has 2 unspecified atom stereocenters. The summed E-state index contributed by atoms with van der Waals surface area (Å²) in [5, 5.41) is 14.1. The molecular weight excluding hydrogens is 268 g/mol. The van der Waals surface area contributed by atoms with Gasteiger partial charge in [-0.1, -0.05) is 13.8 Å². The van der Waals surface area contributed by atoms with E-state index in [1.165, 1.54) is 34.8 Å². The zero-order valence-electron chi connectivity index (χ0n) is 13.0. The first kappa shape index (κ1) is 15.9. The summed E-state index contributed by atoms with van der Waals surface area (Å²) >= 11 is 1.85. The maximum absolute atomic E-state index is 9.21. The van der Waals surface area contributed by atoms with Gasteiger partial charge in [0.2, 0.25) is 0 Å². The molecule has 0 aromatic carbocycles. The first-order valence-electron chi connectivity index (χ1n) is 7.90. The van der Waals surface area contributed by atoms with Crippen molar-refractivity contribution in [2.45, 2.75) is 58.9 Å². The lowest BCUT2D eigenvalue weighted by atomic mass is 9.93. The topological polar surface area (TPSA) is 45.2 Å². The van der Waals surface area contributed by atoms with Gasteiger partial charge in [-0.25, -0.2) is 4.98 Å². The minimum absolute atomic E-state index is 0.300. The Morgan fingerprint density at radius 2 is 2.25 bits per heavy atom. The lowest BCUT2D eigenvalue weighted by molar-refractivity contribution is 0.235. The molecule has 114 valence electrons. The van der Waals surface area contributed by atoms with Crippen molar-refractivity contribution < 1.29 is 5.11 Å². The van der Waals surface area contributed by atoms with Crippen molar-refractivity contribution in [3.8, 4) is 0 Å². The molecule has 0 saturated heterocycles. The summed E-state index contributed by atoms with van der Waals surface area (Å²) in [6, 6.07) is 0.485. The largest absolute Gasteiger partial charge is 0.396 e. The molecule has 1 aliphatic rings. The van der Waals surface area contributed by atoms with E-state index in [1.54, 1.807) is 0 Å². The standard InChI is InChI=1S/C16H28N2OS/c1-11(2)9-13(7-8-19)10-17-14-5-4-6-15-16(14)20-12(3)18-15/h11,13-14,17,19H,4-10H2,1-3H3. The Kier molecular flexibility index (Phi) is 6.00. The van der Waals surface area contributed by atoms with E-state index in [1.807, 2.05) is 11.3 Å². The molecule has 0 spiro atoms. The summed E-state index contributed by atoms with van der Waals surface area (Å²) in [5.41, 5.74) is 1.32. The summed E-state index contributed by atoms with van der Waals surface area (Å²) in [6.45, 7) is 7.94. The highest BCUT2D eigenvalue weighted by Gasteiger charge is 2.24. The van der Waals surface area contributed by atoms with E-state index in [2.05, 4.69) is 31.1 Å². The smallest absolute Gasteiger partial charge is 0.0900 e. The van der Waals surface area contributed by atoms with E-state index >= 15 is 0 Å². The summed E-state index contributed by atoms with van der Waals surface area (Å²) in [5.74, 6) is 1.28. The zero-order valence-corrected chi connectivity index (χ0v) is 13.8. The normalized spacial score (nSPS) is 20.1. The number of hydrogen-bond acceptors (Lipinski definition) is 4.